The average molecular weight is 249 g/mol. The molecule has 1 amide bonds. The molecule has 1 aliphatic rings. The summed E-state index contributed by atoms with van der Waals surface area (Å²) in [7, 11) is 2.10. The second kappa shape index (κ2) is 5.57. The molecule has 0 atom stereocenters. The number of aromatic amines is 1. The highest BCUT2D eigenvalue weighted by molar-refractivity contribution is 5.93. The van der Waals surface area contributed by atoms with E-state index in [1.807, 2.05) is 11.0 Å². The van der Waals surface area contributed by atoms with Crippen molar-refractivity contribution in [1.29, 1.82) is 0 Å². The zero-order valence-corrected chi connectivity index (χ0v) is 11.6. The Morgan fingerprint density at radius 2 is 1.89 bits per heavy atom. The maximum absolute atomic E-state index is 12.4. The van der Waals surface area contributed by atoms with Crippen LogP contribution in [0, 0.1) is 0 Å². The van der Waals surface area contributed by atoms with E-state index in [1.165, 1.54) is 11.3 Å². The lowest BCUT2D eigenvalue weighted by molar-refractivity contribution is 0.0658. The third-order valence-electron chi connectivity index (χ3n) is 3.75. The first-order valence-corrected chi connectivity index (χ1v) is 6.84. The number of piperazine rings is 1. The van der Waals surface area contributed by atoms with Gasteiger partial charge in [0.05, 0.1) is 0 Å². The maximum atomic E-state index is 12.4. The van der Waals surface area contributed by atoms with E-state index in [2.05, 4.69) is 30.8 Å². The fourth-order valence-electron chi connectivity index (χ4n) is 2.47. The molecule has 1 aromatic rings. The van der Waals surface area contributed by atoms with Crippen LogP contribution in [0.5, 0.6) is 0 Å². The topological polar surface area (TPSA) is 39.3 Å². The first kappa shape index (κ1) is 13.1. The number of rotatable bonds is 3. The van der Waals surface area contributed by atoms with E-state index in [4.69, 9.17) is 0 Å². The minimum atomic E-state index is 0.150. The van der Waals surface area contributed by atoms with Gasteiger partial charge in [0.25, 0.3) is 5.91 Å². The molecular weight excluding hydrogens is 226 g/mol. The monoisotopic (exact) mass is 249 g/mol. The number of hydrogen-bond donors (Lipinski definition) is 1. The molecular formula is C14H23N3O. The molecule has 4 heteroatoms. The number of aryl methyl sites for hydroxylation is 2. The molecule has 4 nitrogen and oxygen atoms in total. The van der Waals surface area contributed by atoms with Crippen LogP contribution in [0.15, 0.2) is 6.07 Å². The van der Waals surface area contributed by atoms with Crippen LogP contribution in [0.1, 0.15) is 35.6 Å². The summed E-state index contributed by atoms with van der Waals surface area (Å²) < 4.78 is 0. The Balaban J connectivity index is 2.11. The van der Waals surface area contributed by atoms with Gasteiger partial charge in [-0.15, -0.1) is 0 Å². The molecule has 2 rings (SSSR count). The molecule has 1 saturated heterocycles. The van der Waals surface area contributed by atoms with E-state index >= 15 is 0 Å². The summed E-state index contributed by atoms with van der Waals surface area (Å²) in [5.41, 5.74) is 3.23. The summed E-state index contributed by atoms with van der Waals surface area (Å²) in [6, 6.07) is 2.03. The predicted molar refractivity (Wildman–Crippen MR) is 72.9 cm³/mol. The van der Waals surface area contributed by atoms with Gasteiger partial charge in [-0.2, -0.15) is 0 Å². The van der Waals surface area contributed by atoms with E-state index in [0.717, 1.165) is 44.7 Å². The molecule has 100 valence electrons. The molecule has 1 fully saturated rings. The molecule has 1 N–H and O–H groups in total. The molecule has 1 aromatic heterocycles. The molecule has 1 aliphatic heterocycles. The number of hydrogen-bond acceptors (Lipinski definition) is 2. The Morgan fingerprint density at radius 3 is 2.39 bits per heavy atom. The summed E-state index contributed by atoms with van der Waals surface area (Å²) in [5, 5.41) is 0. The fraction of sp³-hybridized carbons (Fsp3) is 0.643. The van der Waals surface area contributed by atoms with Crippen molar-refractivity contribution in [3.63, 3.8) is 0 Å². The Hall–Kier alpha value is -1.29. The largest absolute Gasteiger partial charge is 0.354 e. The van der Waals surface area contributed by atoms with Gasteiger partial charge < -0.3 is 14.8 Å². The molecule has 18 heavy (non-hydrogen) atoms. The Labute approximate surface area is 109 Å². The summed E-state index contributed by atoms with van der Waals surface area (Å²) >= 11 is 0. The van der Waals surface area contributed by atoms with Gasteiger partial charge >= 0.3 is 0 Å². The van der Waals surface area contributed by atoms with E-state index < -0.39 is 0 Å². The lowest BCUT2D eigenvalue weighted by Gasteiger charge is -2.32. The number of nitrogens with zero attached hydrogens (tertiary/aromatic N) is 2. The van der Waals surface area contributed by atoms with E-state index in [-0.39, 0.29) is 5.91 Å². The van der Waals surface area contributed by atoms with Gasteiger partial charge in [-0.25, -0.2) is 0 Å². The van der Waals surface area contributed by atoms with E-state index in [9.17, 15) is 4.79 Å². The van der Waals surface area contributed by atoms with Gasteiger partial charge in [0.15, 0.2) is 0 Å². The number of nitrogens with one attached hydrogen (secondary N) is 1. The first-order valence-electron chi connectivity index (χ1n) is 6.84. The van der Waals surface area contributed by atoms with Gasteiger partial charge in [-0.3, -0.25) is 4.79 Å². The van der Waals surface area contributed by atoms with Gasteiger partial charge in [-0.05, 0) is 31.5 Å². The van der Waals surface area contributed by atoms with Crippen LogP contribution in [-0.2, 0) is 12.8 Å². The zero-order valence-electron chi connectivity index (χ0n) is 11.6. The van der Waals surface area contributed by atoms with Gasteiger partial charge in [0.2, 0.25) is 0 Å². The summed E-state index contributed by atoms with van der Waals surface area (Å²) in [6.45, 7) is 7.84. The van der Waals surface area contributed by atoms with Crippen LogP contribution in [0.25, 0.3) is 0 Å². The number of H-pyrrole nitrogens is 1. The third-order valence-corrected chi connectivity index (χ3v) is 3.75. The lowest BCUT2D eigenvalue weighted by atomic mass is 10.1. The summed E-state index contributed by atoms with van der Waals surface area (Å²) in [4.78, 5) is 19.9. The summed E-state index contributed by atoms with van der Waals surface area (Å²) in [6.07, 6.45) is 1.94. The minimum absolute atomic E-state index is 0.150. The van der Waals surface area contributed by atoms with Crippen molar-refractivity contribution in [3.05, 3.63) is 23.0 Å². The van der Waals surface area contributed by atoms with Crippen molar-refractivity contribution in [1.82, 2.24) is 14.8 Å². The minimum Gasteiger partial charge on any atom is -0.354 e. The van der Waals surface area contributed by atoms with E-state index in [0.29, 0.717) is 0 Å². The highest BCUT2D eigenvalue weighted by Crippen LogP contribution is 2.15. The molecule has 0 bridgehead atoms. The molecule has 0 aromatic carbocycles. The Morgan fingerprint density at radius 1 is 1.22 bits per heavy atom. The SMILES string of the molecule is CCc1cc(C(=O)N2CCN(C)CC2)[nH]c1CC. The van der Waals surface area contributed by atoms with Crippen LogP contribution >= 0.6 is 0 Å². The Kier molecular flexibility index (Phi) is 4.07. The van der Waals surface area contributed by atoms with Crippen LogP contribution in [-0.4, -0.2) is 53.9 Å². The predicted octanol–water partition coefficient (Wildman–Crippen LogP) is 1.53. The maximum Gasteiger partial charge on any atom is 0.270 e. The normalized spacial score (nSPS) is 17.2. The fourth-order valence-corrected chi connectivity index (χ4v) is 2.47. The van der Waals surface area contributed by atoms with Crippen LogP contribution in [0.4, 0.5) is 0 Å². The molecule has 0 aliphatic carbocycles. The van der Waals surface area contributed by atoms with Crippen molar-refractivity contribution >= 4 is 5.91 Å². The van der Waals surface area contributed by atoms with Crippen molar-refractivity contribution in [2.75, 3.05) is 33.2 Å². The number of amides is 1. The highest BCUT2D eigenvalue weighted by atomic mass is 16.2. The van der Waals surface area contributed by atoms with Gasteiger partial charge in [0.1, 0.15) is 5.69 Å². The standard InChI is InChI=1S/C14H23N3O/c1-4-11-10-13(15-12(11)5-2)14(18)17-8-6-16(3)7-9-17/h10,15H,4-9H2,1-3H3. The van der Waals surface area contributed by atoms with Crippen molar-refractivity contribution in [2.45, 2.75) is 26.7 Å². The highest BCUT2D eigenvalue weighted by Gasteiger charge is 2.22. The number of aromatic nitrogens is 1. The van der Waals surface area contributed by atoms with Gasteiger partial charge in [-0.1, -0.05) is 13.8 Å². The second-order valence-electron chi connectivity index (χ2n) is 4.99. The molecule has 0 spiro atoms. The third kappa shape index (κ3) is 2.58. The van der Waals surface area contributed by atoms with Crippen molar-refractivity contribution in [2.24, 2.45) is 0 Å². The number of carbonyl (C=O) groups excluding carboxylic acids is 1. The second-order valence-corrected chi connectivity index (χ2v) is 4.99. The molecule has 0 saturated carbocycles. The summed E-state index contributed by atoms with van der Waals surface area (Å²) in [5.74, 6) is 0.150. The van der Waals surface area contributed by atoms with Crippen LogP contribution < -0.4 is 0 Å². The van der Waals surface area contributed by atoms with Gasteiger partial charge in [0, 0.05) is 31.9 Å². The molecule has 2 heterocycles. The lowest BCUT2D eigenvalue weighted by Crippen LogP contribution is -2.47. The average Bonchev–Trinajstić information content (AvgIpc) is 2.82. The first-order chi connectivity index (χ1) is 8.65. The quantitative estimate of drug-likeness (QED) is 0.882. The smallest absolute Gasteiger partial charge is 0.270 e. The Bertz CT molecular complexity index is 395. The number of carbonyl (C=O) groups is 1. The van der Waals surface area contributed by atoms with Crippen molar-refractivity contribution < 1.29 is 4.79 Å². The van der Waals surface area contributed by atoms with Crippen molar-refractivity contribution in [3.8, 4) is 0 Å². The van der Waals surface area contributed by atoms with Crippen LogP contribution in [0.3, 0.4) is 0 Å². The zero-order chi connectivity index (χ0) is 13.1. The molecule has 0 radical (unpaired) electrons. The van der Waals surface area contributed by atoms with E-state index in [1.54, 1.807) is 0 Å². The number of likely N-dealkylation sites (N-methyl/N-ethyl adjacent to an activating group) is 1. The van der Waals surface area contributed by atoms with Crippen LogP contribution in [0.2, 0.25) is 0 Å². The molecule has 0 unspecified atom stereocenters.